The first kappa shape index (κ1) is 12.9. The molecule has 0 saturated heterocycles. The average molecular weight is 238 g/mol. The van der Waals surface area contributed by atoms with Gasteiger partial charge in [-0.3, -0.25) is 0 Å². The lowest BCUT2D eigenvalue weighted by molar-refractivity contribution is 0.568. The molecule has 2 aromatic carbocycles. The Bertz CT molecular complexity index is 430. The van der Waals surface area contributed by atoms with E-state index in [1.165, 1.54) is 36.8 Å². The first-order valence-electron chi connectivity index (χ1n) is 6.99. The molecule has 0 saturated carbocycles. The second-order valence-electron chi connectivity index (χ2n) is 4.92. The van der Waals surface area contributed by atoms with Crippen molar-refractivity contribution in [3.05, 3.63) is 71.8 Å². The molecule has 0 spiro atoms. The smallest absolute Gasteiger partial charge is 0.0159 e. The maximum absolute atomic E-state index is 2.28. The van der Waals surface area contributed by atoms with Crippen molar-refractivity contribution in [2.24, 2.45) is 0 Å². The molecule has 0 fully saturated rings. The van der Waals surface area contributed by atoms with Gasteiger partial charge in [-0.15, -0.1) is 0 Å². The van der Waals surface area contributed by atoms with Gasteiger partial charge in [-0.25, -0.2) is 0 Å². The molecule has 0 N–H and O–H groups in total. The van der Waals surface area contributed by atoms with E-state index in [0.29, 0.717) is 5.92 Å². The summed E-state index contributed by atoms with van der Waals surface area (Å²) in [7, 11) is 0. The first-order chi connectivity index (χ1) is 8.90. The zero-order chi connectivity index (χ0) is 12.6. The summed E-state index contributed by atoms with van der Waals surface area (Å²) in [5, 5.41) is 0. The van der Waals surface area contributed by atoms with Crippen LogP contribution in [-0.2, 0) is 6.42 Å². The van der Waals surface area contributed by atoms with E-state index >= 15 is 0 Å². The van der Waals surface area contributed by atoms with Crippen molar-refractivity contribution in [1.82, 2.24) is 0 Å². The van der Waals surface area contributed by atoms with Crippen LogP contribution < -0.4 is 0 Å². The van der Waals surface area contributed by atoms with Gasteiger partial charge in [-0.05, 0) is 36.3 Å². The molecule has 0 bridgehead atoms. The zero-order valence-electron chi connectivity index (χ0n) is 11.2. The van der Waals surface area contributed by atoms with Crippen LogP contribution in [-0.4, -0.2) is 0 Å². The normalized spacial score (nSPS) is 12.3. The quantitative estimate of drug-likeness (QED) is 0.648. The van der Waals surface area contributed by atoms with Crippen LogP contribution in [0, 0.1) is 0 Å². The Morgan fingerprint density at radius 2 is 1.39 bits per heavy atom. The number of hydrogen-bond donors (Lipinski definition) is 0. The Morgan fingerprint density at radius 3 is 2.00 bits per heavy atom. The molecule has 0 aromatic heterocycles. The third-order valence-corrected chi connectivity index (χ3v) is 3.53. The van der Waals surface area contributed by atoms with Crippen LogP contribution in [0.25, 0.3) is 0 Å². The molecule has 94 valence electrons. The number of hydrogen-bond acceptors (Lipinski definition) is 0. The van der Waals surface area contributed by atoms with Gasteiger partial charge < -0.3 is 0 Å². The van der Waals surface area contributed by atoms with Gasteiger partial charge in [0.05, 0.1) is 0 Å². The SMILES string of the molecule is CCC[C@H](CCc1ccccc1)c1ccccc1. The summed E-state index contributed by atoms with van der Waals surface area (Å²) in [6.07, 6.45) is 4.98. The summed E-state index contributed by atoms with van der Waals surface area (Å²) < 4.78 is 0. The van der Waals surface area contributed by atoms with Crippen LogP contribution in [0.3, 0.4) is 0 Å². The van der Waals surface area contributed by atoms with Crippen molar-refractivity contribution >= 4 is 0 Å². The van der Waals surface area contributed by atoms with Crippen molar-refractivity contribution in [2.45, 2.75) is 38.5 Å². The van der Waals surface area contributed by atoms with Crippen LogP contribution in [0.5, 0.6) is 0 Å². The molecule has 2 rings (SSSR count). The average Bonchev–Trinajstić information content (AvgIpc) is 2.45. The fourth-order valence-electron chi connectivity index (χ4n) is 2.54. The van der Waals surface area contributed by atoms with Gasteiger partial charge >= 0.3 is 0 Å². The second-order valence-corrected chi connectivity index (χ2v) is 4.92. The largest absolute Gasteiger partial charge is 0.0654 e. The molecule has 0 aliphatic heterocycles. The Balaban J connectivity index is 1.99. The minimum absolute atomic E-state index is 0.705. The molecular weight excluding hydrogens is 216 g/mol. The van der Waals surface area contributed by atoms with Gasteiger partial charge in [0.15, 0.2) is 0 Å². The highest BCUT2D eigenvalue weighted by atomic mass is 14.1. The van der Waals surface area contributed by atoms with E-state index < -0.39 is 0 Å². The third kappa shape index (κ3) is 3.73. The monoisotopic (exact) mass is 238 g/mol. The maximum atomic E-state index is 2.28. The lowest BCUT2D eigenvalue weighted by atomic mass is 9.89. The maximum Gasteiger partial charge on any atom is -0.0159 e. The van der Waals surface area contributed by atoms with Crippen molar-refractivity contribution in [3.63, 3.8) is 0 Å². The van der Waals surface area contributed by atoms with E-state index in [-0.39, 0.29) is 0 Å². The standard InChI is InChI=1S/C18H22/c1-2-9-17(18-12-7-4-8-13-18)15-14-16-10-5-3-6-11-16/h3-8,10-13,17H,2,9,14-15H2,1H3/t17-/m1/s1. The zero-order valence-corrected chi connectivity index (χ0v) is 11.2. The Hall–Kier alpha value is -1.56. The topological polar surface area (TPSA) is 0 Å². The Morgan fingerprint density at radius 1 is 0.778 bits per heavy atom. The number of rotatable bonds is 6. The van der Waals surface area contributed by atoms with Crippen LogP contribution in [0.15, 0.2) is 60.7 Å². The van der Waals surface area contributed by atoms with Gasteiger partial charge in [-0.2, -0.15) is 0 Å². The van der Waals surface area contributed by atoms with E-state index in [0.717, 1.165) is 0 Å². The van der Waals surface area contributed by atoms with E-state index in [2.05, 4.69) is 67.6 Å². The molecule has 2 aromatic rings. The summed E-state index contributed by atoms with van der Waals surface area (Å²) in [6.45, 7) is 2.28. The Kier molecular flexibility index (Phi) is 5.01. The number of aryl methyl sites for hydroxylation is 1. The molecular formula is C18H22. The molecule has 0 unspecified atom stereocenters. The molecule has 1 atom stereocenters. The lowest BCUT2D eigenvalue weighted by Gasteiger charge is -2.16. The Labute approximate surface area is 111 Å². The molecule has 18 heavy (non-hydrogen) atoms. The van der Waals surface area contributed by atoms with Crippen LogP contribution in [0.4, 0.5) is 0 Å². The van der Waals surface area contributed by atoms with E-state index in [9.17, 15) is 0 Å². The van der Waals surface area contributed by atoms with E-state index in [1.807, 2.05) is 0 Å². The summed E-state index contributed by atoms with van der Waals surface area (Å²) in [5.41, 5.74) is 2.95. The van der Waals surface area contributed by atoms with Crippen molar-refractivity contribution < 1.29 is 0 Å². The highest BCUT2D eigenvalue weighted by Crippen LogP contribution is 2.26. The summed E-state index contributed by atoms with van der Waals surface area (Å²) >= 11 is 0. The van der Waals surface area contributed by atoms with Gasteiger partial charge in [0, 0.05) is 0 Å². The highest BCUT2D eigenvalue weighted by molar-refractivity contribution is 5.21. The predicted molar refractivity (Wildman–Crippen MR) is 78.9 cm³/mol. The molecule has 0 radical (unpaired) electrons. The molecule has 0 aliphatic rings. The fraction of sp³-hybridized carbons (Fsp3) is 0.333. The molecule has 0 aliphatic carbocycles. The molecule has 0 amide bonds. The van der Waals surface area contributed by atoms with Crippen LogP contribution in [0.2, 0.25) is 0 Å². The van der Waals surface area contributed by atoms with Gasteiger partial charge in [0.25, 0.3) is 0 Å². The predicted octanol–water partition coefficient (Wildman–Crippen LogP) is 5.20. The minimum Gasteiger partial charge on any atom is -0.0654 e. The van der Waals surface area contributed by atoms with Crippen LogP contribution >= 0.6 is 0 Å². The van der Waals surface area contributed by atoms with E-state index in [4.69, 9.17) is 0 Å². The molecule has 0 heterocycles. The van der Waals surface area contributed by atoms with Crippen molar-refractivity contribution in [3.8, 4) is 0 Å². The molecule has 0 nitrogen and oxygen atoms in total. The van der Waals surface area contributed by atoms with Gasteiger partial charge in [0.1, 0.15) is 0 Å². The van der Waals surface area contributed by atoms with Crippen molar-refractivity contribution in [2.75, 3.05) is 0 Å². The summed E-state index contributed by atoms with van der Waals surface area (Å²) in [6, 6.07) is 21.8. The summed E-state index contributed by atoms with van der Waals surface area (Å²) in [5.74, 6) is 0.705. The van der Waals surface area contributed by atoms with Gasteiger partial charge in [-0.1, -0.05) is 74.0 Å². The molecule has 0 heteroatoms. The van der Waals surface area contributed by atoms with Crippen LogP contribution in [0.1, 0.15) is 43.2 Å². The third-order valence-electron chi connectivity index (χ3n) is 3.53. The second kappa shape index (κ2) is 7.00. The van der Waals surface area contributed by atoms with Gasteiger partial charge in [0.2, 0.25) is 0 Å². The first-order valence-corrected chi connectivity index (χ1v) is 6.99. The lowest BCUT2D eigenvalue weighted by Crippen LogP contribution is -2.00. The highest BCUT2D eigenvalue weighted by Gasteiger charge is 2.10. The fourth-order valence-corrected chi connectivity index (χ4v) is 2.54. The number of benzene rings is 2. The minimum atomic E-state index is 0.705. The van der Waals surface area contributed by atoms with E-state index in [1.54, 1.807) is 0 Å². The van der Waals surface area contributed by atoms with Crippen molar-refractivity contribution in [1.29, 1.82) is 0 Å². The summed E-state index contributed by atoms with van der Waals surface area (Å²) in [4.78, 5) is 0.